The molecule has 3 saturated heterocycles. The number of hydrogen-bond acceptors (Lipinski definition) is 11. The second kappa shape index (κ2) is 17.5. The Kier molecular flexibility index (Phi) is 11.8. The van der Waals surface area contributed by atoms with Gasteiger partial charge in [-0.25, -0.2) is 4.98 Å². The number of alkyl halides is 3. The minimum Gasteiger partial charge on any atom is -0.396 e. The standard InChI is InChI=1S/C45H50F3N9O6/c46-45(47,48)31-3-1-2-30(23-31)40(60)51-44-49-36-22-29(6-11-37(36)56(44)32-7-4-28(26-58)5-8-32)25-52-14-16-53(17-15-52)27-54-18-20-55(21-19-54)33-9-10-34-35(24-33)43(63)57(42(34)62)38-12-13-39(59)50-41(38)61/h1-3,6,9-11,22-24,28,32,38,58H,4-5,7-8,12-21,25-27H2,(H,49,51,60)(H,50,59,61). The molecule has 4 aromatic rings. The molecule has 1 aliphatic carbocycles. The fourth-order valence-electron chi connectivity index (χ4n) is 9.73. The van der Waals surface area contributed by atoms with Crippen molar-refractivity contribution in [2.24, 2.45) is 5.92 Å². The minimum absolute atomic E-state index is 0.00750. The van der Waals surface area contributed by atoms with E-state index >= 15 is 0 Å². The van der Waals surface area contributed by atoms with Crippen LogP contribution < -0.4 is 15.5 Å². The van der Waals surface area contributed by atoms with Crippen molar-refractivity contribution >= 4 is 52.2 Å². The number of benzene rings is 3. The first-order valence-corrected chi connectivity index (χ1v) is 21.7. The Morgan fingerprint density at radius 2 is 1.49 bits per heavy atom. The fourth-order valence-corrected chi connectivity index (χ4v) is 9.73. The van der Waals surface area contributed by atoms with Crippen molar-refractivity contribution in [3.8, 4) is 0 Å². The molecule has 4 fully saturated rings. The largest absolute Gasteiger partial charge is 0.416 e. The minimum atomic E-state index is -4.58. The van der Waals surface area contributed by atoms with Crippen molar-refractivity contribution in [2.75, 3.05) is 75.9 Å². The predicted octanol–water partition coefficient (Wildman–Crippen LogP) is 4.33. The van der Waals surface area contributed by atoms with Gasteiger partial charge in [-0.05, 0) is 92.1 Å². The third-order valence-corrected chi connectivity index (χ3v) is 13.3. The molecule has 332 valence electrons. The van der Waals surface area contributed by atoms with Crippen LogP contribution in [0.2, 0.25) is 0 Å². The summed E-state index contributed by atoms with van der Waals surface area (Å²) in [5.41, 5.74) is 3.00. The summed E-state index contributed by atoms with van der Waals surface area (Å²) in [4.78, 5) is 79.3. The lowest BCUT2D eigenvalue weighted by Crippen LogP contribution is -2.54. The predicted molar refractivity (Wildman–Crippen MR) is 226 cm³/mol. The van der Waals surface area contributed by atoms with Crippen LogP contribution in [0.3, 0.4) is 0 Å². The third kappa shape index (κ3) is 8.81. The van der Waals surface area contributed by atoms with E-state index in [4.69, 9.17) is 4.98 Å². The van der Waals surface area contributed by atoms with Gasteiger partial charge in [-0.15, -0.1) is 0 Å². The molecule has 63 heavy (non-hydrogen) atoms. The van der Waals surface area contributed by atoms with Gasteiger partial charge in [0.1, 0.15) is 6.04 Å². The van der Waals surface area contributed by atoms with Crippen LogP contribution in [0.5, 0.6) is 0 Å². The molecule has 0 radical (unpaired) electrons. The summed E-state index contributed by atoms with van der Waals surface area (Å²) in [6.45, 7) is 8.33. The summed E-state index contributed by atoms with van der Waals surface area (Å²) in [5.74, 6) is -2.22. The van der Waals surface area contributed by atoms with Crippen LogP contribution in [0.1, 0.15) is 86.8 Å². The number of aliphatic hydroxyl groups excluding tert-OH is 1. The lowest BCUT2D eigenvalue weighted by molar-refractivity contribution is -0.138. The van der Waals surface area contributed by atoms with Crippen LogP contribution in [0.4, 0.5) is 24.8 Å². The van der Waals surface area contributed by atoms with Crippen LogP contribution in [-0.2, 0) is 22.3 Å². The molecule has 0 spiro atoms. The maximum atomic E-state index is 13.4. The number of hydrogen-bond donors (Lipinski definition) is 3. The van der Waals surface area contributed by atoms with Gasteiger partial charge in [-0.1, -0.05) is 12.1 Å². The highest BCUT2D eigenvalue weighted by atomic mass is 19.4. The van der Waals surface area contributed by atoms with E-state index in [1.165, 1.54) is 12.1 Å². The normalized spacial score (nSPS) is 23.1. The van der Waals surface area contributed by atoms with E-state index in [0.29, 0.717) is 18.0 Å². The average Bonchev–Trinajstić information content (AvgIpc) is 3.76. The van der Waals surface area contributed by atoms with Crippen LogP contribution in [0.25, 0.3) is 11.0 Å². The van der Waals surface area contributed by atoms with Gasteiger partial charge in [0.2, 0.25) is 17.8 Å². The first kappa shape index (κ1) is 42.6. The highest BCUT2D eigenvalue weighted by Crippen LogP contribution is 2.38. The number of piperidine rings is 1. The number of imide groups is 2. The number of anilines is 2. The number of aliphatic hydroxyl groups is 1. The summed E-state index contributed by atoms with van der Waals surface area (Å²) in [6, 6.07) is 14.7. The number of amides is 5. The number of piperazine rings is 2. The van der Waals surface area contributed by atoms with Gasteiger partial charge in [0.05, 0.1) is 34.4 Å². The number of nitrogens with one attached hydrogen (secondary N) is 2. The molecule has 1 saturated carbocycles. The van der Waals surface area contributed by atoms with Crippen molar-refractivity contribution in [3.63, 3.8) is 0 Å². The summed E-state index contributed by atoms with van der Waals surface area (Å²) in [5, 5.41) is 14.8. The van der Waals surface area contributed by atoms with Crippen LogP contribution >= 0.6 is 0 Å². The molecule has 1 aromatic heterocycles. The quantitative estimate of drug-likeness (QED) is 0.195. The van der Waals surface area contributed by atoms with E-state index in [2.05, 4.69) is 36.3 Å². The highest BCUT2D eigenvalue weighted by molar-refractivity contribution is 6.23. The van der Waals surface area contributed by atoms with Gasteiger partial charge < -0.3 is 14.6 Å². The molecule has 1 unspecified atom stereocenters. The lowest BCUT2D eigenvalue weighted by Gasteiger charge is -2.41. The maximum absolute atomic E-state index is 13.4. The second-order valence-electron chi connectivity index (χ2n) is 17.3. The monoisotopic (exact) mass is 869 g/mol. The number of carbonyl (C=O) groups is 5. The van der Waals surface area contributed by atoms with Crippen molar-refractivity contribution in [1.82, 2.24) is 34.5 Å². The maximum Gasteiger partial charge on any atom is 0.416 e. The molecular weight excluding hydrogens is 820 g/mol. The van der Waals surface area contributed by atoms with Gasteiger partial charge in [-0.2, -0.15) is 13.2 Å². The first-order valence-electron chi connectivity index (χ1n) is 21.7. The van der Waals surface area contributed by atoms with Gasteiger partial charge in [0, 0.05) is 89.2 Å². The molecule has 5 heterocycles. The molecule has 1 atom stereocenters. The number of aromatic nitrogens is 2. The molecule has 3 aromatic carbocycles. The molecule has 5 aliphatic rings. The Hall–Kier alpha value is -5.69. The van der Waals surface area contributed by atoms with Crippen molar-refractivity contribution in [1.29, 1.82) is 0 Å². The summed E-state index contributed by atoms with van der Waals surface area (Å²) < 4.78 is 42.3. The van der Waals surface area contributed by atoms with Crippen molar-refractivity contribution in [3.05, 3.63) is 88.5 Å². The van der Waals surface area contributed by atoms with E-state index in [1.807, 2.05) is 22.8 Å². The van der Waals surface area contributed by atoms with Gasteiger partial charge in [0.15, 0.2) is 0 Å². The summed E-state index contributed by atoms with van der Waals surface area (Å²) in [6.07, 6.45) is -1.20. The van der Waals surface area contributed by atoms with E-state index in [-0.39, 0.29) is 48.1 Å². The number of imidazole rings is 1. The Morgan fingerprint density at radius 1 is 0.794 bits per heavy atom. The van der Waals surface area contributed by atoms with Crippen LogP contribution in [0.15, 0.2) is 60.7 Å². The molecular formula is C45H50F3N9O6. The zero-order chi connectivity index (χ0) is 44.0. The second-order valence-corrected chi connectivity index (χ2v) is 17.3. The Balaban J connectivity index is 0.793. The number of halogens is 3. The summed E-state index contributed by atoms with van der Waals surface area (Å²) >= 11 is 0. The van der Waals surface area contributed by atoms with Gasteiger partial charge >= 0.3 is 6.18 Å². The molecule has 5 amide bonds. The number of carbonyl (C=O) groups excluding carboxylic acids is 5. The summed E-state index contributed by atoms with van der Waals surface area (Å²) in [7, 11) is 0. The van der Waals surface area contributed by atoms with Gasteiger partial charge in [0.25, 0.3) is 17.7 Å². The first-order chi connectivity index (χ1) is 30.3. The number of nitrogens with zero attached hydrogens (tertiary/aromatic N) is 7. The van der Waals surface area contributed by atoms with Crippen LogP contribution in [-0.4, -0.2) is 135 Å². The van der Waals surface area contributed by atoms with E-state index < -0.39 is 47.3 Å². The Bertz CT molecular complexity index is 2430. The zero-order valence-corrected chi connectivity index (χ0v) is 34.8. The number of fused-ring (bicyclic) bond motifs is 2. The lowest BCUT2D eigenvalue weighted by atomic mass is 9.86. The van der Waals surface area contributed by atoms with E-state index in [9.17, 15) is 42.3 Å². The SMILES string of the molecule is O=C1CCC(N2C(=O)c3ccc(N4CCN(CN5CCN(Cc6ccc7c(c6)nc(NC(=O)c6cccc(C(F)(F)F)c6)n7C6CCC(CO)CC6)CC5)CC4)cc3C2=O)C(=O)N1. The van der Waals surface area contributed by atoms with Crippen molar-refractivity contribution < 1.29 is 42.3 Å². The Morgan fingerprint density at radius 3 is 2.19 bits per heavy atom. The number of rotatable bonds is 10. The van der Waals surface area contributed by atoms with E-state index in [0.717, 1.165) is 119 Å². The van der Waals surface area contributed by atoms with Crippen LogP contribution in [0, 0.1) is 5.92 Å². The van der Waals surface area contributed by atoms with Gasteiger partial charge in [-0.3, -0.25) is 54.2 Å². The Labute approximate surface area is 361 Å². The molecule has 3 N–H and O–H groups in total. The highest BCUT2D eigenvalue weighted by Gasteiger charge is 2.45. The molecule has 9 rings (SSSR count). The smallest absolute Gasteiger partial charge is 0.396 e. The molecule has 0 bridgehead atoms. The average molecular weight is 870 g/mol. The fraction of sp³-hybridized carbons (Fsp3) is 0.467. The molecule has 18 heteroatoms. The van der Waals surface area contributed by atoms with Crippen molar-refractivity contribution in [2.45, 2.75) is 63.3 Å². The topological polar surface area (TPSA) is 164 Å². The van der Waals surface area contributed by atoms with E-state index in [1.54, 1.807) is 12.1 Å². The third-order valence-electron chi connectivity index (χ3n) is 13.3. The molecule has 15 nitrogen and oxygen atoms in total. The zero-order valence-electron chi connectivity index (χ0n) is 34.8. The molecule has 4 aliphatic heterocycles.